The van der Waals surface area contributed by atoms with Gasteiger partial charge in [0.1, 0.15) is 11.6 Å². The number of ether oxygens (including phenoxy) is 1. The average molecular weight is 390 g/mol. The minimum absolute atomic E-state index is 0.237. The molecule has 29 heavy (non-hydrogen) atoms. The first-order valence-electron chi connectivity index (χ1n) is 9.43. The summed E-state index contributed by atoms with van der Waals surface area (Å²) in [6.07, 6.45) is 1.81. The Morgan fingerprint density at radius 1 is 0.897 bits per heavy atom. The number of benzene rings is 1. The average Bonchev–Trinajstić information content (AvgIpc) is 2.80. The summed E-state index contributed by atoms with van der Waals surface area (Å²) in [5.74, 6) is 2.68. The zero-order valence-corrected chi connectivity index (χ0v) is 16.2. The van der Waals surface area contributed by atoms with Crippen molar-refractivity contribution in [2.45, 2.75) is 0 Å². The Labute approximate surface area is 169 Å². The molecule has 8 nitrogen and oxygen atoms in total. The van der Waals surface area contributed by atoms with E-state index in [0.717, 1.165) is 37.8 Å². The number of hydrogen-bond acceptors (Lipinski definition) is 7. The number of aromatic nitrogens is 3. The van der Waals surface area contributed by atoms with Crippen molar-refractivity contribution < 1.29 is 9.53 Å². The first-order chi connectivity index (χ1) is 14.2. The second kappa shape index (κ2) is 8.55. The van der Waals surface area contributed by atoms with Crippen LogP contribution in [0.2, 0.25) is 0 Å². The van der Waals surface area contributed by atoms with Gasteiger partial charge in [-0.3, -0.25) is 4.79 Å². The van der Waals surface area contributed by atoms with Crippen LogP contribution in [0.5, 0.6) is 5.75 Å². The number of carbonyl (C=O) groups is 1. The van der Waals surface area contributed by atoms with E-state index in [1.807, 2.05) is 30.5 Å². The minimum atomic E-state index is -0.237. The fourth-order valence-electron chi connectivity index (χ4n) is 3.20. The lowest BCUT2D eigenvalue weighted by Gasteiger charge is -2.35. The van der Waals surface area contributed by atoms with Crippen molar-refractivity contribution in [1.82, 2.24) is 15.2 Å². The molecular formula is C21H22N6O2. The summed E-state index contributed by atoms with van der Waals surface area (Å²) in [5.41, 5.74) is 0.530. The highest BCUT2D eigenvalue weighted by atomic mass is 16.5. The van der Waals surface area contributed by atoms with Gasteiger partial charge in [-0.25, -0.2) is 4.98 Å². The molecule has 4 rings (SSSR count). The van der Waals surface area contributed by atoms with Crippen LogP contribution in [0.15, 0.2) is 60.8 Å². The highest BCUT2D eigenvalue weighted by Crippen LogP contribution is 2.18. The SMILES string of the molecule is COc1ccc(C(=O)Nc2ccc(N3CCN(c4ccccn4)CC3)nn2)cc1. The van der Waals surface area contributed by atoms with E-state index in [0.29, 0.717) is 17.1 Å². The molecule has 1 aromatic carbocycles. The van der Waals surface area contributed by atoms with E-state index in [1.54, 1.807) is 37.4 Å². The molecule has 1 saturated heterocycles. The Morgan fingerprint density at radius 2 is 1.62 bits per heavy atom. The molecule has 0 saturated carbocycles. The smallest absolute Gasteiger partial charge is 0.256 e. The molecule has 0 aliphatic carbocycles. The van der Waals surface area contributed by atoms with Gasteiger partial charge in [0.25, 0.3) is 5.91 Å². The van der Waals surface area contributed by atoms with E-state index in [2.05, 4.69) is 30.3 Å². The monoisotopic (exact) mass is 390 g/mol. The number of rotatable bonds is 5. The van der Waals surface area contributed by atoms with Crippen LogP contribution in [0.25, 0.3) is 0 Å². The summed E-state index contributed by atoms with van der Waals surface area (Å²) in [5, 5.41) is 11.2. The molecule has 1 aliphatic heterocycles. The number of hydrogen-bond donors (Lipinski definition) is 1. The van der Waals surface area contributed by atoms with Gasteiger partial charge in [-0.05, 0) is 48.5 Å². The van der Waals surface area contributed by atoms with Crippen LogP contribution in [0.4, 0.5) is 17.5 Å². The molecule has 2 aromatic heterocycles. The van der Waals surface area contributed by atoms with Crippen LogP contribution < -0.4 is 19.9 Å². The molecule has 0 unspecified atom stereocenters. The molecule has 0 spiro atoms. The van der Waals surface area contributed by atoms with Crippen LogP contribution in [-0.4, -0.2) is 54.4 Å². The molecule has 1 aliphatic rings. The lowest BCUT2D eigenvalue weighted by Crippen LogP contribution is -2.47. The second-order valence-electron chi connectivity index (χ2n) is 6.62. The van der Waals surface area contributed by atoms with E-state index in [1.165, 1.54) is 0 Å². The number of nitrogens with one attached hydrogen (secondary N) is 1. The summed E-state index contributed by atoms with van der Waals surface area (Å²) in [7, 11) is 1.59. The molecule has 0 atom stereocenters. The first-order valence-corrected chi connectivity index (χ1v) is 9.43. The molecule has 148 valence electrons. The zero-order chi connectivity index (χ0) is 20.1. The van der Waals surface area contributed by atoms with E-state index in [4.69, 9.17) is 4.74 Å². The second-order valence-corrected chi connectivity index (χ2v) is 6.62. The van der Waals surface area contributed by atoms with Gasteiger partial charge in [-0.15, -0.1) is 10.2 Å². The number of carbonyl (C=O) groups excluding carboxylic acids is 1. The van der Waals surface area contributed by atoms with Gasteiger partial charge in [-0.2, -0.15) is 0 Å². The number of nitrogens with zero attached hydrogens (tertiary/aromatic N) is 5. The molecule has 0 radical (unpaired) electrons. The Morgan fingerprint density at radius 3 is 2.21 bits per heavy atom. The predicted octanol–water partition coefficient (Wildman–Crippen LogP) is 2.46. The highest BCUT2D eigenvalue weighted by molar-refractivity contribution is 6.03. The molecule has 1 fully saturated rings. The van der Waals surface area contributed by atoms with Gasteiger partial charge in [0.2, 0.25) is 0 Å². The Hall–Kier alpha value is -3.68. The van der Waals surface area contributed by atoms with Crippen LogP contribution >= 0.6 is 0 Å². The Kier molecular flexibility index (Phi) is 5.51. The molecular weight excluding hydrogens is 368 g/mol. The normalized spacial score (nSPS) is 13.8. The highest BCUT2D eigenvalue weighted by Gasteiger charge is 2.19. The standard InChI is InChI=1S/C21H22N6O2/c1-29-17-7-5-16(6-8-17)21(28)23-18-9-10-20(25-24-18)27-14-12-26(13-15-27)19-4-2-3-11-22-19/h2-11H,12-15H2,1H3,(H,23,24,28). The number of pyridine rings is 1. The molecule has 1 N–H and O–H groups in total. The van der Waals surface area contributed by atoms with Gasteiger partial charge in [0.15, 0.2) is 11.6 Å². The largest absolute Gasteiger partial charge is 0.497 e. The summed E-state index contributed by atoms with van der Waals surface area (Å²) in [6.45, 7) is 3.41. The van der Waals surface area contributed by atoms with Gasteiger partial charge >= 0.3 is 0 Å². The van der Waals surface area contributed by atoms with Crippen molar-refractivity contribution in [3.63, 3.8) is 0 Å². The zero-order valence-electron chi connectivity index (χ0n) is 16.2. The van der Waals surface area contributed by atoms with Gasteiger partial charge in [-0.1, -0.05) is 6.07 Å². The van der Waals surface area contributed by atoms with E-state index in [9.17, 15) is 4.79 Å². The van der Waals surface area contributed by atoms with Crippen molar-refractivity contribution in [2.24, 2.45) is 0 Å². The Bertz CT molecular complexity index is 939. The maximum absolute atomic E-state index is 12.3. The lowest BCUT2D eigenvalue weighted by molar-refractivity contribution is 0.102. The quantitative estimate of drug-likeness (QED) is 0.716. The summed E-state index contributed by atoms with van der Waals surface area (Å²) < 4.78 is 5.10. The minimum Gasteiger partial charge on any atom is -0.497 e. The third kappa shape index (κ3) is 4.43. The van der Waals surface area contributed by atoms with Crippen molar-refractivity contribution in [3.8, 4) is 5.75 Å². The molecule has 1 amide bonds. The van der Waals surface area contributed by atoms with E-state index < -0.39 is 0 Å². The fraction of sp³-hybridized carbons (Fsp3) is 0.238. The topological polar surface area (TPSA) is 83.5 Å². The maximum atomic E-state index is 12.3. The molecule has 0 bridgehead atoms. The van der Waals surface area contributed by atoms with Gasteiger partial charge in [0.05, 0.1) is 7.11 Å². The van der Waals surface area contributed by atoms with Crippen LogP contribution in [0.3, 0.4) is 0 Å². The van der Waals surface area contributed by atoms with Gasteiger partial charge in [0, 0.05) is 37.9 Å². The predicted molar refractivity (Wildman–Crippen MR) is 112 cm³/mol. The number of anilines is 3. The van der Waals surface area contributed by atoms with Crippen LogP contribution in [-0.2, 0) is 0 Å². The fourth-order valence-corrected chi connectivity index (χ4v) is 3.20. The molecule has 8 heteroatoms. The number of methoxy groups -OCH3 is 1. The van der Waals surface area contributed by atoms with E-state index >= 15 is 0 Å². The van der Waals surface area contributed by atoms with Crippen LogP contribution in [0.1, 0.15) is 10.4 Å². The maximum Gasteiger partial charge on any atom is 0.256 e. The first kappa shape index (κ1) is 18.7. The Balaban J connectivity index is 1.34. The van der Waals surface area contributed by atoms with Crippen molar-refractivity contribution in [1.29, 1.82) is 0 Å². The third-order valence-corrected chi connectivity index (χ3v) is 4.82. The van der Waals surface area contributed by atoms with Crippen molar-refractivity contribution >= 4 is 23.4 Å². The third-order valence-electron chi connectivity index (χ3n) is 4.82. The van der Waals surface area contributed by atoms with Gasteiger partial charge < -0.3 is 19.9 Å². The number of piperazine rings is 1. The van der Waals surface area contributed by atoms with Crippen molar-refractivity contribution in [2.75, 3.05) is 48.4 Å². The summed E-state index contributed by atoms with van der Waals surface area (Å²) in [6, 6.07) is 16.5. The van der Waals surface area contributed by atoms with Crippen molar-refractivity contribution in [3.05, 3.63) is 66.4 Å². The summed E-state index contributed by atoms with van der Waals surface area (Å²) >= 11 is 0. The lowest BCUT2D eigenvalue weighted by atomic mass is 10.2. The van der Waals surface area contributed by atoms with E-state index in [-0.39, 0.29) is 5.91 Å². The molecule has 3 aromatic rings. The van der Waals surface area contributed by atoms with Crippen LogP contribution in [0, 0.1) is 0 Å². The molecule has 3 heterocycles. The number of amides is 1. The summed E-state index contributed by atoms with van der Waals surface area (Å²) in [4.78, 5) is 21.2.